The van der Waals surface area contributed by atoms with E-state index in [0.717, 1.165) is 24.6 Å². The van der Waals surface area contributed by atoms with Crippen LogP contribution in [-0.4, -0.2) is 42.6 Å². The summed E-state index contributed by atoms with van der Waals surface area (Å²) in [5, 5.41) is 0. The Hall–Kier alpha value is -1.13. The van der Waals surface area contributed by atoms with Gasteiger partial charge in [0.05, 0.1) is 5.69 Å². The average molecular weight is 248 g/mol. The zero-order chi connectivity index (χ0) is 13.0. The van der Waals surface area contributed by atoms with Gasteiger partial charge in [-0.3, -0.25) is 4.90 Å². The van der Waals surface area contributed by atoms with Gasteiger partial charge in [0.1, 0.15) is 5.82 Å². The Morgan fingerprint density at radius 1 is 1.50 bits per heavy atom. The SMILES string of the molecule is CCN1CCCC1CN(C)c1cccc(CN)n1. The topological polar surface area (TPSA) is 45.4 Å². The second-order valence-electron chi connectivity index (χ2n) is 5.00. The maximum Gasteiger partial charge on any atom is 0.128 e. The molecule has 0 radical (unpaired) electrons. The first-order valence-electron chi connectivity index (χ1n) is 6.85. The second kappa shape index (κ2) is 6.16. The number of likely N-dealkylation sites (N-methyl/N-ethyl adjacent to an activating group) is 2. The number of nitrogens with two attached hydrogens (primary N) is 1. The molecule has 2 rings (SSSR count). The van der Waals surface area contributed by atoms with Gasteiger partial charge in [-0.1, -0.05) is 13.0 Å². The molecular formula is C14H24N4. The van der Waals surface area contributed by atoms with E-state index < -0.39 is 0 Å². The van der Waals surface area contributed by atoms with Crippen molar-refractivity contribution in [1.29, 1.82) is 0 Å². The van der Waals surface area contributed by atoms with Crippen LogP contribution in [0.1, 0.15) is 25.5 Å². The molecule has 100 valence electrons. The van der Waals surface area contributed by atoms with Crippen molar-refractivity contribution < 1.29 is 0 Å². The van der Waals surface area contributed by atoms with Crippen LogP contribution in [0.15, 0.2) is 18.2 Å². The number of hydrogen-bond donors (Lipinski definition) is 1. The quantitative estimate of drug-likeness (QED) is 0.857. The lowest BCUT2D eigenvalue weighted by Gasteiger charge is -2.28. The van der Waals surface area contributed by atoms with Crippen molar-refractivity contribution >= 4 is 5.82 Å². The minimum absolute atomic E-state index is 0.506. The lowest BCUT2D eigenvalue weighted by Crippen LogP contribution is -2.39. The minimum atomic E-state index is 0.506. The molecule has 0 aliphatic carbocycles. The van der Waals surface area contributed by atoms with Crippen molar-refractivity contribution in [2.45, 2.75) is 32.4 Å². The van der Waals surface area contributed by atoms with E-state index in [1.165, 1.54) is 19.4 Å². The molecule has 4 nitrogen and oxygen atoms in total. The Labute approximate surface area is 110 Å². The molecule has 2 heterocycles. The van der Waals surface area contributed by atoms with Crippen LogP contribution in [-0.2, 0) is 6.54 Å². The zero-order valence-electron chi connectivity index (χ0n) is 11.5. The number of hydrogen-bond acceptors (Lipinski definition) is 4. The largest absolute Gasteiger partial charge is 0.358 e. The van der Waals surface area contributed by atoms with Gasteiger partial charge in [0.2, 0.25) is 0 Å². The molecule has 0 saturated carbocycles. The molecule has 0 spiro atoms. The van der Waals surface area contributed by atoms with Gasteiger partial charge in [0.15, 0.2) is 0 Å². The summed E-state index contributed by atoms with van der Waals surface area (Å²) in [6.45, 7) is 6.19. The fraction of sp³-hybridized carbons (Fsp3) is 0.643. The van der Waals surface area contributed by atoms with Crippen LogP contribution in [0, 0.1) is 0 Å². The van der Waals surface area contributed by atoms with E-state index in [1.54, 1.807) is 0 Å². The Morgan fingerprint density at radius 2 is 2.33 bits per heavy atom. The van der Waals surface area contributed by atoms with Crippen molar-refractivity contribution in [2.75, 3.05) is 31.6 Å². The highest BCUT2D eigenvalue weighted by Crippen LogP contribution is 2.19. The first-order valence-corrected chi connectivity index (χ1v) is 6.85. The molecule has 0 bridgehead atoms. The fourth-order valence-corrected chi connectivity index (χ4v) is 2.72. The molecule has 1 aliphatic heterocycles. The third-order valence-electron chi connectivity index (χ3n) is 3.78. The number of likely N-dealkylation sites (tertiary alicyclic amines) is 1. The highest BCUT2D eigenvalue weighted by Gasteiger charge is 2.24. The third kappa shape index (κ3) is 3.00. The molecule has 0 aromatic carbocycles. The summed E-state index contributed by atoms with van der Waals surface area (Å²) < 4.78 is 0. The van der Waals surface area contributed by atoms with Crippen molar-refractivity contribution in [2.24, 2.45) is 5.73 Å². The molecule has 1 aliphatic rings. The summed E-state index contributed by atoms with van der Waals surface area (Å²) in [7, 11) is 2.12. The van der Waals surface area contributed by atoms with Crippen molar-refractivity contribution in [3.63, 3.8) is 0 Å². The Bertz CT molecular complexity index is 380. The van der Waals surface area contributed by atoms with Gasteiger partial charge in [0, 0.05) is 26.2 Å². The summed E-state index contributed by atoms with van der Waals surface area (Å²) >= 11 is 0. The molecule has 1 saturated heterocycles. The number of pyridine rings is 1. The van der Waals surface area contributed by atoms with Gasteiger partial charge in [-0.2, -0.15) is 0 Å². The van der Waals surface area contributed by atoms with Crippen molar-refractivity contribution in [3.05, 3.63) is 23.9 Å². The minimum Gasteiger partial charge on any atom is -0.358 e. The molecule has 4 heteroatoms. The standard InChI is InChI=1S/C14H24N4/c1-3-18-9-5-7-13(18)11-17(2)14-8-4-6-12(10-15)16-14/h4,6,8,13H,3,5,7,9-11,15H2,1-2H3. The normalized spacial score (nSPS) is 20.3. The number of rotatable bonds is 5. The van der Waals surface area contributed by atoms with Crippen LogP contribution >= 0.6 is 0 Å². The van der Waals surface area contributed by atoms with Crippen molar-refractivity contribution in [3.8, 4) is 0 Å². The lowest BCUT2D eigenvalue weighted by molar-refractivity contribution is 0.270. The second-order valence-corrected chi connectivity index (χ2v) is 5.00. The molecule has 1 fully saturated rings. The molecular weight excluding hydrogens is 224 g/mol. The van der Waals surface area contributed by atoms with E-state index in [2.05, 4.69) is 34.8 Å². The first kappa shape index (κ1) is 13.3. The van der Waals surface area contributed by atoms with Gasteiger partial charge < -0.3 is 10.6 Å². The smallest absolute Gasteiger partial charge is 0.128 e. The fourth-order valence-electron chi connectivity index (χ4n) is 2.72. The number of anilines is 1. The van der Waals surface area contributed by atoms with E-state index >= 15 is 0 Å². The Kier molecular flexibility index (Phi) is 4.55. The summed E-state index contributed by atoms with van der Waals surface area (Å²) in [5.41, 5.74) is 6.59. The van der Waals surface area contributed by atoms with Crippen LogP contribution in [0.3, 0.4) is 0 Å². The Balaban J connectivity index is 2.00. The van der Waals surface area contributed by atoms with Crippen LogP contribution < -0.4 is 10.6 Å². The van der Waals surface area contributed by atoms with Gasteiger partial charge in [0.25, 0.3) is 0 Å². The predicted octanol–water partition coefficient (Wildman–Crippen LogP) is 1.46. The van der Waals surface area contributed by atoms with Gasteiger partial charge in [-0.05, 0) is 38.1 Å². The summed E-state index contributed by atoms with van der Waals surface area (Å²) in [5.74, 6) is 1.03. The van der Waals surface area contributed by atoms with E-state index in [-0.39, 0.29) is 0 Å². The Morgan fingerprint density at radius 3 is 3.06 bits per heavy atom. The van der Waals surface area contributed by atoms with Crippen molar-refractivity contribution in [1.82, 2.24) is 9.88 Å². The average Bonchev–Trinajstić information content (AvgIpc) is 2.86. The molecule has 1 atom stereocenters. The third-order valence-corrected chi connectivity index (χ3v) is 3.78. The van der Waals surface area contributed by atoms with E-state index in [9.17, 15) is 0 Å². The van der Waals surface area contributed by atoms with Gasteiger partial charge in [-0.25, -0.2) is 4.98 Å². The predicted molar refractivity (Wildman–Crippen MR) is 75.7 cm³/mol. The maximum absolute atomic E-state index is 5.64. The first-order chi connectivity index (χ1) is 8.74. The van der Waals surface area contributed by atoms with Crippen LogP contribution in [0.5, 0.6) is 0 Å². The molecule has 2 N–H and O–H groups in total. The molecule has 18 heavy (non-hydrogen) atoms. The summed E-state index contributed by atoms with van der Waals surface area (Å²) in [6.07, 6.45) is 2.62. The highest BCUT2D eigenvalue weighted by atomic mass is 15.2. The monoisotopic (exact) mass is 248 g/mol. The van der Waals surface area contributed by atoms with E-state index in [1.807, 2.05) is 12.1 Å². The van der Waals surface area contributed by atoms with Gasteiger partial charge in [-0.15, -0.1) is 0 Å². The number of aromatic nitrogens is 1. The molecule has 1 aromatic heterocycles. The van der Waals surface area contributed by atoms with Crippen LogP contribution in [0.4, 0.5) is 5.82 Å². The van der Waals surface area contributed by atoms with Crippen LogP contribution in [0.25, 0.3) is 0 Å². The summed E-state index contributed by atoms with van der Waals surface area (Å²) in [6, 6.07) is 6.74. The highest BCUT2D eigenvalue weighted by molar-refractivity contribution is 5.38. The summed E-state index contributed by atoms with van der Waals surface area (Å²) in [4.78, 5) is 9.37. The number of nitrogens with zero attached hydrogens (tertiary/aromatic N) is 3. The molecule has 1 aromatic rings. The van der Waals surface area contributed by atoms with E-state index in [0.29, 0.717) is 12.6 Å². The lowest BCUT2D eigenvalue weighted by atomic mass is 10.2. The van der Waals surface area contributed by atoms with Crippen LogP contribution in [0.2, 0.25) is 0 Å². The molecule has 1 unspecified atom stereocenters. The maximum atomic E-state index is 5.64. The zero-order valence-corrected chi connectivity index (χ0v) is 11.5. The van der Waals surface area contributed by atoms with Gasteiger partial charge >= 0.3 is 0 Å². The van der Waals surface area contributed by atoms with E-state index in [4.69, 9.17) is 5.73 Å². The molecule has 0 amide bonds.